The molecule has 1 rings (SSSR count). The van der Waals surface area contributed by atoms with Gasteiger partial charge in [-0.15, -0.1) is 0 Å². The Balaban J connectivity index is 2.63. The second kappa shape index (κ2) is 14.3. The molecule has 1 aliphatic rings. The van der Waals surface area contributed by atoms with E-state index in [0.29, 0.717) is 25.9 Å². The first kappa shape index (κ1) is 22.2. The molecule has 6 nitrogen and oxygen atoms in total. The minimum Gasteiger partial charge on any atom is -0.349 e. The maximum absolute atomic E-state index is 12.5. The molecule has 0 unspecified atom stereocenters. The zero-order chi connectivity index (χ0) is 19.0. The van der Waals surface area contributed by atoms with Gasteiger partial charge in [0.1, 0.15) is 11.6 Å². The molecule has 0 aliphatic heterocycles. The predicted octanol–water partition coefficient (Wildman–Crippen LogP) is 2.99. The molecule has 1 fully saturated rings. The van der Waals surface area contributed by atoms with E-state index in [2.05, 4.69) is 5.32 Å². The third-order valence-corrected chi connectivity index (χ3v) is 4.86. The number of hydrogen-bond donors (Lipinski definition) is 2. The highest BCUT2D eigenvalue weighted by atomic mass is 16.2. The number of carbonyl (C=O) groups is 2. The number of nitrogens with two attached hydrogens (primary N) is 1. The molecule has 0 spiro atoms. The monoisotopic (exact) mass is 362 g/mol. The molecule has 3 N–H and O–H groups in total. The van der Waals surface area contributed by atoms with Crippen LogP contribution in [-0.2, 0) is 9.59 Å². The summed E-state index contributed by atoms with van der Waals surface area (Å²) in [6.45, 7) is 0.857. The Morgan fingerprint density at radius 1 is 1.08 bits per heavy atom. The number of carbonyl (C=O) groups excluding carboxylic acids is 2. The molecule has 0 heterocycles. The maximum Gasteiger partial charge on any atom is 0.263 e. The maximum atomic E-state index is 12.5. The second-order valence-electron chi connectivity index (χ2n) is 7.07. The van der Waals surface area contributed by atoms with E-state index in [0.717, 1.165) is 25.7 Å². The van der Waals surface area contributed by atoms with Crippen molar-refractivity contribution < 1.29 is 9.59 Å². The van der Waals surface area contributed by atoms with Gasteiger partial charge in [0.15, 0.2) is 0 Å². The molecule has 2 amide bonds. The third kappa shape index (κ3) is 9.57. The fourth-order valence-electron chi connectivity index (χ4n) is 3.30. The van der Waals surface area contributed by atoms with Crippen molar-refractivity contribution in [3.8, 4) is 6.07 Å². The summed E-state index contributed by atoms with van der Waals surface area (Å²) in [5.74, 6) is -0.385. The smallest absolute Gasteiger partial charge is 0.263 e. The first-order valence-electron chi connectivity index (χ1n) is 10.0. The van der Waals surface area contributed by atoms with Gasteiger partial charge in [-0.05, 0) is 25.8 Å². The van der Waals surface area contributed by atoms with E-state index in [4.69, 9.17) is 5.73 Å². The van der Waals surface area contributed by atoms with E-state index >= 15 is 0 Å². The predicted molar refractivity (Wildman–Crippen MR) is 103 cm³/mol. The molecule has 0 aromatic carbocycles. The molecular formula is C20H34N4O2. The standard InChI is InChI=1S/C20H34N4O2/c21-13-10-14-24(17-25)16-18(15-22)20(26)23-19-11-8-6-4-2-1-3-5-7-9-12-19/h16-17,19H,1-14,21H2,(H,23,26)/b18-16-. The lowest BCUT2D eigenvalue weighted by Gasteiger charge is -2.20. The summed E-state index contributed by atoms with van der Waals surface area (Å²) in [5.41, 5.74) is 5.42. The number of nitrogens with zero attached hydrogens (tertiary/aromatic N) is 2. The summed E-state index contributed by atoms with van der Waals surface area (Å²) in [6.07, 6.45) is 15.6. The lowest BCUT2D eigenvalue weighted by atomic mass is 9.97. The Bertz CT molecular complexity index is 473. The van der Waals surface area contributed by atoms with Gasteiger partial charge in [-0.3, -0.25) is 9.59 Å². The van der Waals surface area contributed by atoms with Crippen molar-refractivity contribution in [2.45, 2.75) is 83.1 Å². The number of hydrogen-bond acceptors (Lipinski definition) is 4. The summed E-state index contributed by atoms with van der Waals surface area (Å²) in [7, 11) is 0. The largest absolute Gasteiger partial charge is 0.349 e. The molecule has 26 heavy (non-hydrogen) atoms. The average molecular weight is 363 g/mol. The molecule has 1 aliphatic carbocycles. The SMILES string of the molecule is N#C/C(=C/N(C=O)CCCN)C(=O)NC1CCCCCCCCCCC1. The molecule has 146 valence electrons. The Morgan fingerprint density at radius 2 is 1.62 bits per heavy atom. The Kier molecular flexibility index (Phi) is 12.2. The van der Waals surface area contributed by atoms with Gasteiger partial charge in [-0.25, -0.2) is 0 Å². The molecule has 0 aromatic heterocycles. The minimum absolute atomic E-state index is 0.0276. The van der Waals surface area contributed by atoms with Crippen LogP contribution in [0.25, 0.3) is 0 Å². The zero-order valence-corrected chi connectivity index (χ0v) is 15.9. The Labute approximate surface area is 157 Å². The van der Waals surface area contributed by atoms with E-state index in [-0.39, 0.29) is 17.5 Å². The highest BCUT2D eigenvalue weighted by Gasteiger charge is 2.17. The van der Waals surface area contributed by atoms with E-state index in [1.807, 2.05) is 6.07 Å². The van der Waals surface area contributed by atoms with Gasteiger partial charge in [0.2, 0.25) is 6.41 Å². The van der Waals surface area contributed by atoms with Gasteiger partial charge >= 0.3 is 0 Å². The van der Waals surface area contributed by atoms with E-state index in [1.165, 1.54) is 56.0 Å². The van der Waals surface area contributed by atoms with Crippen LogP contribution < -0.4 is 11.1 Å². The molecule has 0 bridgehead atoms. The van der Waals surface area contributed by atoms with Crippen molar-refractivity contribution in [3.05, 3.63) is 11.8 Å². The van der Waals surface area contributed by atoms with Gasteiger partial charge in [-0.1, -0.05) is 57.8 Å². The highest BCUT2D eigenvalue weighted by Crippen LogP contribution is 2.17. The van der Waals surface area contributed by atoms with Crippen LogP contribution in [0, 0.1) is 11.3 Å². The number of nitriles is 1. The Hall–Kier alpha value is -1.87. The summed E-state index contributed by atoms with van der Waals surface area (Å²) >= 11 is 0. The number of amides is 2. The fourth-order valence-corrected chi connectivity index (χ4v) is 3.30. The van der Waals surface area contributed by atoms with Gasteiger partial charge in [0.25, 0.3) is 5.91 Å². The topological polar surface area (TPSA) is 99.2 Å². The molecular weight excluding hydrogens is 328 g/mol. The zero-order valence-electron chi connectivity index (χ0n) is 15.9. The van der Waals surface area contributed by atoms with E-state index < -0.39 is 0 Å². The van der Waals surface area contributed by atoms with Gasteiger partial charge in [-0.2, -0.15) is 5.26 Å². The number of rotatable bonds is 7. The van der Waals surface area contributed by atoms with Crippen molar-refractivity contribution in [1.82, 2.24) is 10.2 Å². The van der Waals surface area contributed by atoms with Crippen LogP contribution in [0.2, 0.25) is 0 Å². The molecule has 0 atom stereocenters. The van der Waals surface area contributed by atoms with E-state index in [1.54, 1.807) is 0 Å². The van der Waals surface area contributed by atoms with Crippen LogP contribution >= 0.6 is 0 Å². The van der Waals surface area contributed by atoms with Gasteiger partial charge in [0.05, 0.1) is 0 Å². The molecule has 1 saturated carbocycles. The van der Waals surface area contributed by atoms with Crippen LogP contribution in [0.5, 0.6) is 0 Å². The summed E-state index contributed by atoms with van der Waals surface area (Å²) in [6, 6.07) is 2.02. The van der Waals surface area contributed by atoms with Crippen molar-refractivity contribution in [3.63, 3.8) is 0 Å². The highest BCUT2D eigenvalue weighted by molar-refractivity contribution is 5.97. The average Bonchev–Trinajstić information content (AvgIpc) is 2.64. The molecule has 0 aromatic rings. The van der Waals surface area contributed by atoms with Crippen molar-refractivity contribution in [2.24, 2.45) is 5.73 Å². The summed E-state index contributed by atoms with van der Waals surface area (Å²) in [5, 5.41) is 12.3. The Morgan fingerprint density at radius 3 is 2.08 bits per heavy atom. The van der Waals surface area contributed by atoms with Crippen molar-refractivity contribution >= 4 is 12.3 Å². The summed E-state index contributed by atoms with van der Waals surface area (Å²) in [4.78, 5) is 24.9. The first-order valence-corrected chi connectivity index (χ1v) is 10.0. The lowest BCUT2D eigenvalue weighted by molar-refractivity contribution is -0.118. The van der Waals surface area contributed by atoms with Crippen LogP contribution in [0.4, 0.5) is 0 Å². The van der Waals surface area contributed by atoms with Crippen molar-refractivity contribution in [1.29, 1.82) is 5.26 Å². The molecule has 6 heteroatoms. The first-order chi connectivity index (χ1) is 12.7. The normalized spacial score (nSPS) is 18.1. The minimum atomic E-state index is -0.385. The second-order valence-corrected chi connectivity index (χ2v) is 7.07. The van der Waals surface area contributed by atoms with Gasteiger partial charge in [0, 0.05) is 18.8 Å². The van der Waals surface area contributed by atoms with Crippen molar-refractivity contribution in [2.75, 3.05) is 13.1 Å². The third-order valence-electron chi connectivity index (χ3n) is 4.86. The molecule has 0 saturated heterocycles. The fraction of sp³-hybridized carbons (Fsp3) is 0.750. The lowest BCUT2D eigenvalue weighted by Crippen LogP contribution is -2.36. The quantitative estimate of drug-likeness (QED) is 0.413. The summed E-state index contributed by atoms with van der Waals surface area (Å²) < 4.78 is 0. The van der Waals surface area contributed by atoms with Crippen LogP contribution in [0.15, 0.2) is 11.8 Å². The van der Waals surface area contributed by atoms with Crippen LogP contribution in [-0.4, -0.2) is 36.3 Å². The molecule has 0 radical (unpaired) electrons. The number of nitrogens with one attached hydrogen (secondary N) is 1. The van der Waals surface area contributed by atoms with Crippen LogP contribution in [0.1, 0.15) is 77.0 Å². The van der Waals surface area contributed by atoms with Gasteiger partial charge < -0.3 is 16.0 Å². The van der Waals surface area contributed by atoms with Crippen LogP contribution in [0.3, 0.4) is 0 Å². The van der Waals surface area contributed by atoms with E-state index in [9.17, 15) is 14.9 Å².